The first-order valence-electron chi connectivity index (χ1n) is 6.73. The van der Waals surface area contributed by atoms with E-state index in [-0.39, 0.29) is 9.92 Å². The van der Waals surface area contributed by atoms with Crippen molar-refractivity contribution < 1.29 is 4.92 Å². The molecule has 0 atom stereocenters. The minimum Gasteiger partial charge on any atom is -0.381 e. The average Bonchev–Trinajstić information content (AvgIpc) is 2.93. The van der Waals surface area contributed by atoms with E-state index in [0.717, 1.165) is 17.7 Å². The number of nitrogens with one attached hydrogen (secondary N) is 1. The van der Waals surface area contributed by atoms with E-state index in [1.165, 1.54) is 29.7 Å². The Labute approximate surface area is 122 Å². The highest BCUT2D eigenvalue weighted by Gasteiger charge is 2.09. The molecule has 5 heteroatoms. The fourth-order valence-corrected chi connectivity index (χ4v) is 2.65. The Morgan fingerprint density at radius 2 is 2.00 bits per heavy atom. The molecule has 1 heterocycles. The summed E-state index contributed by atoms with van der Waals surface area (Å²) in [7, 11) is 0. The molecule has 20 heavy (non-hydrogen) atoms. The van der Waals surface area contributed by atoms with Gasteiger partial charge in [-0.3, -0.25) is 10.1 Å². The Bertz CT molecular complexity index is 564. The molecule has 0 spiro atoms. The number of hydrogen-bond acceptors (Lipinski definition) is 4. The molecule has 1 N–H and O–H groups in total. The first-order valence-corrected chi connectivity index (χ1v) is 7.61. The Hall–Kier alpha value is -1.88. The number of anilines is 1. The van der Waals surface area contributed by atoms with E-state index < -0.39 is 0 Å². The van der Waals surface area contributed by atoms with Crippen LogP contribution in [0.4, 0.5) is 10.7 Å². The van der Waals surface area contributed by atoms with Crippen LogP contribution in [-0.2, 0) is 13.0 Å². The van der Waals surface area contributed by atoms with Gasteiger partial charge in [0, 0.05) is 23.7 Å². The van der Waals surface area contributed by atoms with E-state index in [0.29, 0.717) is 6.54 Å². The highest BCUT2D eigenvalue weighted by Crippen LogP contribution is 2.23. The van der Waals surface area contributed by atoms with Crippen molar-refractivity contribution in [2.75, 3.05) is 5.32 Å². The maximum atomic E-state index is 10.6. The van der Waals surface area contributed by atoms with Crippen molar-refractivity contribution in [3.63, 3.8) is 0 Å². The number of nitrogens with zero attached hydrogens (tertiary/aromatic N) is 1. The van der Waals surface area contributed by atoms with Crippen molar-refractivity contribution in [3.8, 4) is 0 Å². The summed E-state index contributed by atoms with van der Waals surface area (Å²) in [5, 5.41) is 15.9. The zero-order valence-corrected chi connectivity index (χ0v) is 12.3. The lowest BCUT2D eigenvalue weighted by atomic mass is 10.1. The summed E-state index contributed by atoms with van der Waals surface area (Å²) in [6, 6.07) is 10.0. The molecular formula is C15H18N2O2S. The largest absolute Gasteiger partial charge is 0.381 e. The second kappa shape index (κ2) is 7.05. The molecule has 0 amide bonds. The smallest absolute Gasteiger partial charge is 0.324 e. The van der Waals surface area contributed by atoms with Crippen LogP contribution >= 0.6 is 11.3 Å². The summed E-state index contributed by atoms with van der Waals surface area (Å²) in [4.78, 5) is 10.3. The quantitative estimate of drug-likeness (QED) is 0.598. The minimum absolute atomic E-state index is 0.191. The van der Waals surface area contributed by atoms with Gasteiger partial charge in [-0.25, -0.2) is 0 Å². The zero-order chi connectivity index (χ0) is 14.4. The number of hydrogen-bond donors (Lipinski definition) is 1. The highest BCUT2D eigenvalue weighted by atomic mass is 32.1. The van der Waals surface area contributed by atoms with Crippen LogP contribution in [-0.4, -0.2) is 4.92 Å². The topological polar surface area (TPSA) is 55.2 Å². The van der Waals surface area contributed by atoms with E-state index in [2.05, 4.69) is 36.5 Å². The maximum absolute atomic E-state index is 10.6. The first kappa shape index (κ1) is 14.5. The molecule has 0 bridgehead atoms. The Kier molecular flexibility index (Phi) is 5.12. The van der Waals surface area contributed by atoms with E-state index >= 15 is 0 Å². The van der Waals surface area contributed by atoms with Crippen LogP contribution in [0.25, 0.3) is 0 Å². The molecule has 106 valence electrons. The molecule has 2 aromatic rings. The van der Waals surface area contributed by atoms with Gasteiger partial charge < -0.3 is 5.32 Å². The summed E-state index contributed by atoms with van der Waals surface area (Å²) in [5.74, 6) is 0. The number of thiophene rings is 1. The fourth-order valence-electron chi connectivity index (χ4n) is 1.93. The molecule has 0 radical (unpaired) electrons. The van der Waals surface area contributed by atoms with Crippen LogP contribution < -0.4 is 5.32 Å². The third-order valence-corrected chi connectivity index (χ3v) is 4.02. The molecule has 0 aliphatic carbocycles. The normalized spacial score (nSPS) is 10.4. The lowest BCUT2D eigenvalue weighted by Crippen LogP contribution is -1.98. The Morgan fingerprint density at radius 3 is 2.60 bits per heavy atom. The van der Waals surface area contributed by atoms with Crippen molar-refractivity contribution in [2.45, 2.75) is 32.7 Å². The van der Waals surface area contributed by atoms with Gasteiger partial charge in [-0.15, -0.1) is 0 Å². The monoisotopic (exact) mass is 290 g/mol. The third kappa shape index (κ3) is 4.06. The van der Waals surface area contributed by atoms with Crippen molar-refractivity contribution in [2.24, 2.45) is 0 Å². The Morgan fingerprint density at radius 1 is 1.25 bits per heavy atom. The average molecular weight is 290 g/mol. The zero-order valence-electron chi connectivity index (χ0n) is 11.5. The van der Waals surface area contributed by atoms with Gasteiger partial charge in [-0.2, -0.15) is 0 Å². The molecule has 0 unspecified atom stereocenters. The van der Waals surface area contributed by atoms with Crippen LogP contribution in [0.1, 0.15) is 30.9 Å². The van der Waals surface area contributed by atoms with Gasteiger partial charge in [0.15, 0.2) is 0 Å². The molecule has 0 fully saturated rings. The van der Waals surface area contributed by atoms with E-state index in [9.17, 15) is 10.1 Å². The van der Waals surface area contributed by atoms with Crippen LogP contribution in [0.15, 0.2) is 35.7 Å². The number of benzene rings is 1. The summed E-state index contributed by atoms with van der Waals surface area (Å²) in [6.07, 6.45) is 3.54. The fraction of sp³-hybridized carbons (Fsp3) is 0.333. The standard InChI is InChI=1S/C15H18N2O2S/c1-2-3-4-12-5-7-14(8-6-12)16-10-13-9-15(17(18)19)20-11-13/h5-9,11,16H,2-4,10H2,1H3. The third-order valence-electron chi connectivity index (χ3n) is 3.09. The van der Waals surface area contributed by atoms with Gasteiger partial charge in [0.2, 0.25) is 0 Å². The number of unbranched alkanes of at least 4 members (excludes halogenated alkanes) is 1. The molecular weight excluding hydrogens is 272 g/mol. The van der Waals surface area contributed by atoms with Crippen molar-refractivity contribution >= 4 is 22.0 Å². The van der Waals surface area contributed by atoms with Crippen LogP contribution in [0.5, 0.6) is 0 Å². The molecule has 2 rings (SSSR count). The highest BCUT2D eigenvalue weighted by molar-refractivity contribution is 7.13. The summed E-state index contributed by atoms with van der Waals surface area (Å²) in [6.45, 7) is 2.80. The van der Waals surface area contributed by atoms with Gasteiger partial charge in [0.25, 0.3) is 0 Å². The predicted octanol–water partition coefficient (Wildman–Crippen LogP) is 4.61. The number of rotatable bonds is 7. The van der Waals surface area contributed by atoms with Gasteiger partial charge in [-0.1, -0.05) is 36.8 Å². The second-order valence-electron chi connectivity index (χ2n) is 4.70. The van der Waals surface area contributed by atoms with Crippen molar-refractivity contribution in [3.05, 3.63) is 57.0 Å². The Balaban J connectivity index is 1.88. The first-order chi connectivity index (χ1) is 9.69. The predicted molar refractivity (Wildman–Crippen MR) is 83.4 cm³/mol. The molecule has 1 aromatic carbocycles. The SMILES string of the molecule is CCCCc1ccc(NCc2csc([N+](=O)[O-])c2)cc1. The molecule has 0 aliphatic rings. The summed E-state index contributed by atoms with van der Waals surface area (Å²) >= 11 is 1.17. The number of aryl methyl sites for hydroxylation is 1. The van der Waals surface area contributed by atoms with Gasteiger partial charge in [0.05, 0.1) is 4.92 Å². The van der Waals surface area contributed by atoms with Crippen LogP contribution in [0.3, 0.4) is 0 Å². The van der Waals surface area contributed by atoms with Gasteiger partial charge in [-0.05, 0) is 36.1 Å². The molecule has 0 saturated carbocycles. The lowest BCUT2D eigenvalue weighted by Gasteiger charge is -2.06. The molecule has 0 saturated heterocycles. The second-order valence-corrected chi connectivity index (χ2v) is 5.59. The molecule has 0 aliphatic heterocycles. The van der Waals surface area contributed by atoms with Crippen molar-refractivity contribution in [1.82, 2.24) is 0 Å². The van der Waals surface area contributed by atoms with E-state index in [1.807, 2.05) is 5.38 Å². The van der Waals surface area contributed by atoms with Gasteiger partial charge >= 0.3 is 5.00 Å². The summed E-state index contributed by atoms with van der Waals surface area (Å²) in [5.41, 5.74) is 3.33. The molecule has 4 nitrogen and oxygen atoms in total. The number of nitro groups is 1. The van der Waals surface area contributed by atoms with E-state index in [1.54, 1.807) is 6.07 Å². The summed E-state index contributed by atoms with van der Waals surface area (Å²) < 4.78 is 0. The maximum Gasteiger partial charge on any atom is 0.324 e. The van der Waals surface area contributed by atoms with E-state index in [4.69, 9.17) is 0 Å². The van der Waals surface area contributed by atoms with Crippen molar-refractivity contribution in [1.29, 1.82) is 0 Å². The minimum atomic E-state index is -0.351. The van der Waals surface area contributed by atoms with Crippen LogP contribution in [0.2, 0.25) is 0 Å². The molecule has 1 aromatic heterocycles. The van der Waals surface area contributed by atoms with Crippen LogP contribution in [0, 0.1) is 10.1 Å². The lowest BCUT2D eigenvalue weighted by molar-refractivity contribution is -0.380. The van der Waals surface area contributed by atoms with Gasteiger partial charge in [0.1, 0.15) is 0 Å².